The van der Waals surface area contributed by atoms with Gasteiger partial charge in [0.25, 0.3) is 0 Å². The van der Waals surface area contributed by atoms with Crippen LogP contribution in [0, 0.1) is 0 Å². The summed E-state index contributed by atoms with van der Waals surface area (Å²) in [5.74, 6) is 1.73. The zero-order valence-corrected chi connectivity index (χ0v) is 12.9. The van der Waals surface area contributed by atoms with Gasteiger partial charge in [-0.3, -0.25) is 4.79 Å². The van der Waals surface area contributed by atoms with Gasteiger partial charge in [-0.25, -0.2) is 0 Å². The van der Waals surface area contributed by atoms with Gasteiger partial charge in [-0.1, -0.05) is 6.07 Å². The van der Waals surface area contributed by atoms with E-state index in [1.807, 2.05) is 36.9 Å². The maximum absolute atomic E-state index is 12.8. The molecule has 1 aromatic rings. The van der Waals surface area contributed by atoms with Crippen molar-refractivity contribution in [3.63, 3.8) is 0 Å². The third-order valence-corrected chi connectivity index (χ3v) is 4.44. The van der Waals surface area contributed by atoms with Gasteiger partial charge in [0, 0.05) is 13.1 Å². The topological polar surface area (TPSA) is 38.8 Å². The van der Waals surface area contributed by atoms with Crippen molar-refractivity contribution < 1.29 is 14.3 Å². The van der Waals surface area contributed by atoms with E-state index in [1.54, 1.807) is 0 Å². The molecule has 0 radical (unpaired) electrons. The number of likely N-dealkylation sites (tertiary alicyclic amines) is 1. The number of benzene rings is 1. The minimum Gasteiger partial charge on any atom is -0.486 e. The van der Waals surface area contributed by atoms with Gasteiger partial charge in [0.05, 0.1) is 5.41 Å². The predicted octanol–water partition coefficient (Wildman–Crippen LogP) is 2.75. The van der Waals surface area contributed by atoms with Crippen LogP contribution in [0.2, 0.25) is 0 Å². The first kappa shape index (κ1) is 14.2. The molecule has 2 aliphatic heterocycles. The minimum absolute atomic E-state index is 0.207. The number of nitrogens with zero attached hydrogens (tertiary/aromatic N) is 1. The number of hydrogen-bond donors (Lipinski definition) is 0. The van der Waals surface area contributed by atoms with Crippen molar-refractivity contribution >= 4 is 5.91 Å². The summed E-state index contributed by atoms with van der Waals surface area (Å²) in [6.07, 6.45) is 3.46. The van der Waals surface area contributed by atoms with Crippen LogP contribution in [0.15, 0.2) is 18.2 Å². The van der Waals surface area contributed by atoms with Crippen LogP contribution in [0.25, 0.3) is 0 Å². The molecule has 114 valence electrons. The van der Waals surface area contributed by atoms with Crippen molar-refractivity contribution in [2.75, 3.05) is 26.3 Å². The smallest absolute Gasteiger partial charge is 0.232 e. The van der Waals surface area contributed by atoms with Gasteiger partial charge in [0.1, 0.15) is 13.2 Å². The van der Waals surface area contributed by atoms with E-state index >= 15 is 0 Å². The first-order chi connectivity index (χ1) is 10.1. The van der Waals surface area contributed by atoms with Gasteiger partial charge in [-0.2, -0.15) is 0 Å². The molecule has 4 nitrogen and oxygen atoms in total. The summed E-state index contributed by atoms with van der Waals surface area (Å²) in [6.45, 7) is 6.91. The van der Waals surface area contributed by atoms with Crippen molar-refractivity contribution in [3.8, 4) is 11.5 Å². The van der Waals surface area contributed by atoms with Crippen LogP contribution < -0.4 is 9.47 Å². The summed E-state index contributed by atoms with van der Waals surface area (Å²) in [6, 6.07) is 5.85. The quantitative estimate of drug-likeness (QED) is 0.840. The molecule has 1 saturated heterocycles. The highest BCUT2D eigenvalue weighted by Gasteiger charge is 2.35. The number of hydrogen-bond acceptors (Lipinski definition) is 3. The Kier molecular flexibility index (Phi) is 3.79. The lowest BCUT2D eigenvalue weighted by Crippen LogP contribution is -2.45. The number of fused-ring (bicyclic) bond motifs is 1. The largest absolute Gasteiger partial charge is 0.486 e. The molecular weight excluding hydrogens is 266 g/mol. The lowest BCUT2D eigenvalue weighted by atomic mass is 9.82. The standard InChI is InChI=1S/C17H23NO3/c1-17(2,16(19)18-8-4-3-5-9-18)13-6-7-14-15(12-13)21-11-10-20-14/h6-7,12H,3-5,8-11H2,1-2H3. The Morgan fingerprint density at radius 3 is 2.43 bits per heavy atom. The highest BCUT2D eigenvalue weighted by atomic mass is 16.6. The molecule has 21 heavy (non-hydrogen) atoms. The maximum Gasteiger partial charge on any atom is 0.232 e. The Balaban J connectivity index is 1.84. The minimum atomic E-state index is -0.535. The van der Waals surface area contributed by atoms with E-state index in [9.17, 15) is 4.79 Å². The Labute approximate surface area is 126 Å². The molecule has 2 aliphatic rings. The molecule has 1 aromatic carbocycles. The Bertz CT molecular complexity index is 533. The molecule has 0 aliphatic carbocycles. The molecule has 0 saturated carbocycles. The number of rotatable bonds is 2. The van der Waals surface area contributed by atoms with Crippen LogP contribution in [-0.4, -0.2) is 37.1 Å². The van der Waals surface area contributed by atoms with E-state index in [-0.39, 0.29) is 5.91 Å². The van der Waals surface area contributed by atoms with Crippen molar-refractivity contribution in [1.29, 1.82) is 0 Å². The van der Waals surface area contributed by atoms with Crippen molar-refractivity contribution in [1.82, 2.24) is 4.90 Å². The Hall–Kier alpha value is -1.71. The summed E-state index contributed by atoms with van der Waals surface area (Å²) in [7, 11) is 0. The monoisotopic (exact) mass is 289 g/mol. The van der Waals surface area contributed by atoms with Crippen molar-refractivity contribution in [3.05, 3.63) is 23.8 Å². The average molecular weight is 289 g/mol. The zero-order valence-electron chi connectivity index (χ0n) is 12.9. The van der Waals surface area contributed by atoms with Crippen LogP contribution in [0.1, 0.15) is 38.7 Å². The van der Waals surface area contributed by atoms with Crippen LogP contribution >= 0.6 is 0 Å². The lowest BCUT2D eigenvalue weighted by Gasteiger charge is -2.35. The molecule has 0 N–H and O–H groups in total. The van der Waals surface area contributed by atoms with Gasteiger partial charge >= 0.3 is 0 Å². The Morgan fingerprint density at radius 1 is 1.05 bits per heavy atom. The van der Waals surface area contributed by atoms with E-state index in [4.69, 9.17) is 9.47 Å². The molecule has 0 spiro atoms. The fourth-order valence-electron chi connectivity index (χ4n) is 3.05. The maximum atomic E-state index is 12.8. The second-order valence-corrected chi connectivity index (χ2v) is 6.34. The second kappa shape index (κ2) is 5.58. The molecule has 1 amide bonds. The summed E-state index contributed by atoms with van der Waals surface area (Å²) in [5.41, 5.74) is 0.454. The zero-order chi connectivity index (χ0) is 14.9. The Morgan fingerprint density at radius 2 is 1.71 bits per heavy atom. The van der Waals surface area contributed by atoms with Crippen LogP contribution in [0.3, 0.4) is 0 Å². The van der Waals surface area contributed by atoms with E-state index in [2.05, 4.69) is 0 Å². The molecule has 4 heteroatoms. The van der Waals surface area contributed by atoms with Crippen LogP contribution in [0.5, 0.6) is 11.5 Å². The van der Waals surface area contributed by atoms with Gasteiger partial charge in [0.15, 0.2) is 11.5 Å². The third-order valence-electron chi connectivity index (χ3n) is 4.44. The normalized spacial score (nSPS) is 18.5. The SMILES string of the molecule is CC(C)(C(=O)N1CCCCC1)c1ccc2c(c1)OCCO2. The molecular formula is C17H23NO3. The molecule has 3 rings (SSSR count). The first-order valence-electron chi connectivity index (χ1n) is 7.78. The molecule has 1 fully saturated rings. The number of ether oxygens (including phenoxy) is 2. The number of carbonyl (C=O) groups is 1. The molecule has 0 unspecified atom stereocenters. The van der Waals surface area contributed by atoms with Crippen molar-refractivity contribution in [2.24, 2.45) is 0 Å². The van der Waals surface area contributed by atoms with Gasteiger partial charge in [-0.15, -0.1) is 0 Å². The average Bonchev–Trinajstić information content (AvgIpc) is 2.54. The van der Waals surface area contributed by atoms with E-state index < -0.39 is 5.41 Å². The summed E-state index contributed by atoms with van der Waals surface area (Å²) >= 11 is 0. The van der Waals surface area contributed by atoms with Gasteiger partial charge in [-0.05, 0) is 50.8 Å². The van der Waals surface area contributed by atoms with Gasteiger partial charge in [0.2, 0.25) is 5.91 Å². The second-order valence-electron chi connectivity index (χ2n) is 6.34. The van der Waals surface area contributed by atoms with Crippen LogP contribution in [0.4, 0.5) is 0 Å². The lowest BCUT2D eigenvalue weighted by molar-refractivity contribution is -0.137. The van der Waals surface area contributed by atoms with Crippen molar-refractivity contribution in [2.45, 2.75) is 38.5 Å². The fourth-order valence-corrected chi connectivity index (χ4v) is 3.05. The first-order valence-corrected chi connectivity index (χ1v) is 7.78. The molecule has 0 aromatic heterocycles. The number of piperidine rings is 1. The molecule has 2 heterocycles. The summed E-state index contributed by atoms with van der Waals surface area (Å²) in [4.78, 5) is 14.8. The van der Waals surface area contributed by atoms with Crippen LogP contribution in [-0.2, 0) is 10.2 Å². The van der Waals surface area contributed by atoms with E-state index in [0.29, 0.717) is 13.2 Å². The highest BCUT2D eigenvalue weighted by Crippen LogP contribution is 2.36. The third kappa shape index (κ3) is 2.71. The molecule has 0 bridgehead atoms. The number of amides is 1. The fraction of sp³-hybridized carbons (Fsp3) is 0.588. The highest BCUT2D eigenvalue weighted by molar-refractivity contribution is 5.87. The van der Waals surface area contributed by atoms with E-state index in [0.717, 1.165) is 43.0 Å². The van der Waals surface area contributed by atoms with E-state index in [1.165, 1.54) is 6.42 Å². The predicted molar refractivity (Wildman–Crippen MR) is 80.9 cm³/mol. The summed E-state index contributed by atoms with van der Waals surface area (Å²) < 4.78 is 11.2. The summed E-state index contributed by atoms with van der Waals surface area (Å²) in [5, 5.41) is 0. The van der Waals surface area contributed by atoms with Gasteiger partial charge < -0.3 is 14.4 Å². The molecule has 0 atom stereocenters. The number of carbonyl (C=O) groups excluding carboxylic acids is 1.